The van der Waals surface area contributed by atoms with Crippen molar-refractivity contribution in [2.75, 3.05) is 43.1 Å². The van der Waals surface area contributed by atoms with Crippen molar-refractivity contribution in [3.8, 4) is 0 Å². The Kier molecular flexibility index (Phi) is 3.64. The minimum Gasteiger partial charge on any atom is -0.397 e. The van der Waals surface area contributed by atoms with Crippen molar-refractivity contribution in [3.05, 3.63) is 23.8 Å². The van der Waals surface area contributed by atoms with E-state index in [0.717, 1.165) is 12.3 Å². The van der Waals surface area contributed by atoms with Gasteiger partial charge in [0, 0.05) is 26.2 Å². The van der Waals surface area contributed by atoms with Crippen LogP contribution in [-0.4, -0.2) is 45.2 Å². The Bertz CT molecular complexity index is 584. The van der Waals surface area contributed by atoms with Crippen LogP contribution in [0.15, 0.2) is 12.1 Å². The normalized spacial score (nSPS) is 17.7. The first-order chi connectivity index (χ1) is 8.80. The minimum atomic E-state index is -3.25. The molecule has 1 aromatic carbocycles. The van der Waals surface area contributed by atoms with Crippen molar-refractivity contribution in [3.63, 3.8) is 0 Å². The summed E-state index contributed by atoms with van der Waals surface area (Å²) in [7, 11) is -3.25. The van der Waals surface area contributed by atoms with Crippen molar-refractivity contribution in [2.24, 2.45) is 0 Å². The van der Waals surface area contributed by atoms with Gasteiger partial charge in [-0.2, -0.15) is 4.31 Å². The maximum atomic E-state index is 13.7. The molecule has 0 aliphatic carbocycles. The molecule has 8 heteroatoms. The third-order valence-electron chi connectivity index (χ3n) is 3.12. The Hall–Kier alpha value is -1.41. The quantitative estimate of drug-likeness (QED) is 0.812. The van der Waals surface area contributed by atoms with E-state index in [2.05, 4.69) is 0 Å². The van der Waals surface area contributed by atoms with Gasteiger partial charge in [0.25, 0.3) is 0 Å². The summed E-state index contributed by atoms with van der Waals surface area (Å²) in [6, 6.07) is 2.28. The van der Waals surface area contributed by atoms with Gasteiger partial charge in [-0.3, -0.25) is 0 Å². The molecule has 0 radical (unpaired) electrons. The van der Waals surface area contributed by atoms with Gasteiger partial charge in [-0.15, -0.1) is 0 Å². The number of nitrogens with two attached hydrogens (primary N) is 1. The number of halogens is 2. The Morgan fingerprint density at radius 3 is 2.26 bits per heavy atom. The van der Waals surface area contributed by atoms with E-state index in [9.17, 15) is 17.2 Å². The SMILES string of the molecule is CS(=O)(=O)N1CCN(c2c(N)ccc(F)c2F)CC1. The zero-order chi connectivity index (χ0) is 14.2. The lowest BCUT2D eigenvalue weighted by atomic mass is 10.2. The second kappa shape index (κ2) is 4.93. The van der Waals surface area contributed by atoms with Crippen molar-refractivity contribution in [2.45, 2.75) is 0 Å². The van der Waals surface area contributed by atoms with Gasteiger partial charge in [-0.1, -0.05) is 0 Å². The lowest BCUT2D eigenvalue weighted by molar-refractivity contribution is 0.385. The summed E-state index contributed by atoms with van der Waals surface area (Å²) in [5.41, 5.74) is 5.81. The first kappa shape index (κ1) is 14.0. The first-order valence-electron chi connectivity index (χ1n) is 5.74. The van der Waals surface area contributed by atoms with Crippen LogP contribution in [0, 0.1) is 11.6 Å². The van der Waals surface area contributed by atoms with Crippen LogP contribution in [0.25, 0.3) is 0 Å². The van der Waals surface area contributed by atoms with Gasteiger partial charge in [0.15, 0.2) is 11.6 Å². The maximum absolute atomic E-state index is 13.7. The number of nitrogen functional groups attached to an aromatic ring is 1. The maximum Gasteiger partial charge on any atom is 0.211 e. The molecule has 1 aliphatic heterocycles. The summed E-state index contributed by atoms with van der Waals surface area (Å²) in [5.74, 6) is -1.96. The van der Waals surface area contributed by atoms with Crippen molar-refractivity contribution in [1.29, 1.82) is 0 Å². The third kappa shape index (κ3) is 2.79. The van der Waals surface area contributed by atoms with E-state index in [1.807, 2.05) is 0 Å². The van der Waals surface area contributed by atoms with Crippen molar-refractivity contribution in [1.82, 2.24) is 4.31 Å². The molecule has 2 rings (SSSR count). The second-order valence-corrected chi connectivity index (χ2v) is 6.43. The predicted molar refractivity (Wildman–Crippen MR) is 69.4 cm³/mol. The van der Waals surface area contributed by atoms with E-state index in [4.69, 9.17) is 5.73 Å². The highest BCUT2D eigenvalue weighted by molar-refractivity contribution is 7.88. The molecule has 1 aliphatic rings. The van der Waals surface area contributed by atoms with Crippen LogP contribution in [0.5, 0.6) is 0 Å². The fourth-order valence-electron chi connectivity index (χ4n) is 2.12. The molecule has 2 N–H and O–H groups in total. The van der Waals surface area contributed by atoms with Crippen molar-refractivity contribution < 1.29 is 17.2 Å². The Morgan fingerprint density at radius 2 is 1.74 bits per heavy atom. The molecular formula is C11H15F2N3O2S. The molecule has 1 aromatic rings. The molecular weight excluding hydrogens is 276 g/mol. The fraction of sp³-hybridized carbons (Fsp3) is 0.455. The zero-order valence-corrected chi connectivity index (χ0v) is 11.3. The summed E-state index contributed by atoms with van der Waals surface area (Å²) in [6.07, 6.45) is 1.12. The predicted octanol–water partition coefficient (Wildman–Crippen LogP) is 0.629. The molecule has 0 spiro atoms. The molecule has 0 bridgehead atoms. The first-order valence-corrected chi connectivity index (χ1v) is 7.59. The molecule has 0 saturated carbocycles. The molecule has 0 unspecified atom stereocenters. The van der Waals surface area contributed by atoms with E-state index in [1.54, 1.807) is 4.90 Å². The van der Waals surface area contributed by atoms with Gasteiger partial charge >= 0.3 is 0 Å². The van der Waals surface area contributed by atoms with Gasteiger partial charge in [-0.25, -0.2) is 17.2 Å². The van der Waals surface area contributed by atoms with Gasteiger partial charge in [0.1, 0.15) is 0 Å². The standard InChI is InChI=1S/C11H15F2N3O2S/c1-19(17,18)16-6-4-15(5-7-16)11-9(14)3-2-8(12)10(11)13/h2-3H,4-7,14H2,1H3. The van der Waals surface area contributed by atoms with Crippen LogP contribution >= 0.6 is 0 Å². The monoisotopic (exact) mass is 291 g/mol. The van der Waals surface area contributed by atoms with Crippen LogP contribution in [0.3, 0.4) is 0 Å². The van der Waals surface area contributed by atoms with Crippen LogP contribution < -0.4 is 10.6 Å². The summed E-state index contributed by atoms with van der Waals surface area (Å²) >= 11 is 0. The highest BCUT2D eigenvalue weighted by atomic mass is 32.2. The fourth-order valence-corrected chi connectivity index (χ4v) is 2.95. The Balaban J connectivity index is 2.21. The molecule has 5 nitrogen and oxygen atoms in total. The lowest BCUT2D eigenvalue weighted by Crippen LogP contribution is -2.48. The van der Waals surface area contributed by atoms with E-state index >= 15 is 0 Å². The minimum absolute atomic E-state index is 0.00755. The summed E-state index contributed by atoms with van der Waals surface area (Å²) in [4.78, 5) is 1.56. The number of sulfonamides is 1. The topological polar surface area (TPSA) is 66.6 Å². The highest BCUT2D eigenvalue weighted by Gasteiger charge is 2.26. The summed E-state index contributed by atoms with van der Waals surface area (Å²) in [5, 5.41) is 0. The lowest BCUT2D eigenvalue weighted by Gasteiger charge is -2.35. The van der Waals surface area contributed by atoms with Crippen LogP contribution in [0.1, 0.15) is 0 Å². The number of piperazine rings is 1. The summed E-state index contributed by atoms with van der Waals surface area (Å²) in [6.45, 7) is 1.01. The van der Waals surface area contributed by atoms with E-state index in [-0.39, 0.29) is 37.6 Å². The number of anilines is 2. The summed E-state index contributed by atoms with van der Waals surface area (Å²) < 4.78 is 51.0. The van der Waals surface area contributed by atoms with Gasteiger partial charge in [-0.05, 0) is 12.1 Å². The second-order valence-electron chi connectivity index (χ2n) is 4.45. The Morgan fingerprint density at radius 1 is 1.16 bits per heavy atom. The molecule has 106 valence electrons. The van der Waals surface area contributed by atoms with Crippen LogP contribution in [0.2, 0.25) is 0 Å². The number of hydrogen-bond donors (Lipinski definition) is 1. The molecule has 1 fully saturated rings. The molecule has 0 aromatic heterocycles. The number of rotatable bonds is 2. The van der Waals surface area contributed by atoms with E-state index in [1.165, 1.54) is 10.4 Å². The average Bonchev–Trinajstić information content (AvgIpc) is 2.34. The molecule has 1 saturated heterocycles. The van der Waals surface area contributed by atoms with E-state index < -0.39 is 21.7 Å². The molecule has 0 atom stereocenters. The molecule has 1 heterocycles. The smallest absolute Gasteiger partial charge is 0.211 e. The van der Waals surface area contributed by atoms with Gasteiger partial charge < -0.3 is 10.6 Å². The van der Waals surface area contributed by atoms with Gasteiger partial charge in [0.05, 0.1) is 17.6 Å². The largest absolute Gasteiger partial charge is 0.397 e. The zero-order valence-electron chi connectivity index (χ0n) is 10.4. The van der Waals surface area contributed by atoms with Crippen molar-refractivity contribution >= 4 is 21.4 Å². The Labute approximate surface area is 110 Å². The molecule has 0 amide bonds. The number of hydrogen-bond acceptors (Lipinski definition) is 4. The molecule has 19 heavy (non-hydrogen) atoms. The van der Waals surface area contributed by atoms with Crippen LogP contribution in [-0.2, 0) is 10.0 Å². The number of benzene rings is 1. The highest BCUT2D eigenvalue weighted by Crippen LogP contribution is 2.29. The van der Waals surface area contributed by atoms with Crippen LogP contribution in [0.4, 0.5) is 20.2 Å². The number of nitrogens with zero attached hydrogens (tertiary/aromatic N) is 2. The third-order valence-corrected chi connectivity index (χ3v) is 4.43. The average molecular weight is 291 g/mol. The van der Waals surface area contributed by atoms with Gasteiger partial charge in [0.2, 0.25) is 10.0 Å². The van der Waals surface area contributed by atoms with E-state index in [0.29, 0.717) is 0 Å².